The van der Waals surface area contributed by atoms with Gasteiger partial charge in [0.2, 0.25) is 0 Å². The highest BCUT2D eigenvalue weighted by molar-refractivity contribution is 7.98. The number of hydrogen-bond acceptors (Lipinski definition) is 5. The van der Waals surface area contributed by atoms with Crippen LogP contribution in [0.15, 0.2) is 17.0 Å². The zero-order valence-electron chi connectivity index (χ0n) is 13.0. The van der Waals surface area contributed by atoms with Crippen LogP contribution in [0.1, 0.15) is 25.8 Å². The highest BCUT2D eigenvalue weighted by atomic mass is 32.2. The zero-order valence-corrected chi connectivity index (χ0v) is 13.8. The van der Waals surface area contributed by atoms with Crippen LogP contribution in [0.5, 0.6) is 11.5 Å². The Kier molecular flexibility index (Phi) is 6.21. The van der Waals surface area contributed by atoms with E-state index in [9.17, 15) is 5.11 Å². The van der Waals surface area contributed by atoms with Crippen molar-refractivity contribution in [3.63, 3.8) is 0 Å². The lowest BCUT2D eigenvalue weighted by atomic mass is 10.0. The van der Waals surface area contributed by atoms with Crippen LogP contribution in [0.4, 0.5) is 0 Å². The third-order valence-corrected chi connectivity index (χ3v) is 4.32. The van der Waals surface area contributed by atoms with Crippen LogP contribution in [0, 0.1) is 5.92 Å². The molecule has 0 spiro atoms. The number of thioether (sulfide) groups is 1. The van der Waals surface area contributed by atoms with Gasteiger partial charge in [-0.3, -0.25) is 0 Å². The summed E-state index contributed by atoms with van der Waals surface area (Å²) in [5.41, 5.74) is 1.19. The smallest absolute Gasteiger partial charge is 0.162 e. The Morgan fingerprint density at radius 3 is 2.48 bits per heavy atom. The number of aliphatic hydroxyl groups is 1. The molecule has 1 aromatic rings. The molecule has 1 aromatic carbocycles. The number of fused-ring (bicyclic) bond motifs is 1. The first kappa shape index (κ1) is 16.5. The van der Waals surface area contributed by atoms with Gasteiger partial charge in [-0.2, -0.15) is 0 Å². The number of aliphatic hydroxyl groups excluding tert-OH is 1. The third kappa shape index (κ3) is 4.53. The van der Waals surface area contributed by atoms with Crippen molar-refractivity contribution < 1.29 is 14.6 Å². The minimum atomic E-state index is 0.132. The molecule has 1 atom stereocenters. The summed E-state index contributed by atoms with van der Waals surface area (Å²) in [7, 11) is 0. The molecular weight excluding hydrogens is 286 g/mol. The van der Waals surface area contributed by atoms with E-state index < -0.39 is 0 Å². The lowest BCUT2D eigenvalue weighted by Gasteiger charge is -2.22. The minimum absolute atomic E-state index is 0.132. The molecule has 0 saturated carbocycles. The van der Waals surface area contributed by atoms with Gasteiger partial charge in [0.15, 0.2) is 11.5 Å². The van der Waals surface area contributed by atoms with Crippen LogP contribution in [-0.2, 0) is 6.54 Å². The summed E-state index contributed by atoms with van der Waals surface area (Å²) in [5.74, 6) is 2.21. The quantitative estimate of drug-likeness (QED) is 0.758. The fourth-order valence-corrected chi connectivity index (χ4v) is 3.10. The van der Waals surface area contributed by atoms with E-state index in [1.165, 1.54) is 10.5 Å². The molecule has 118 valence electrons. The van der Waals surface area contributed by atoms with E-state index in [4.69, 9.17) is 9.47 Å². The van der Waals surface area contributed by atoms with Gasteiger partial charge in [-0.15, -0.1) is 11.8 Å². The number of nitrogens with one attached hydrogen (secondary N) is 1. The van der Waals surface area contributed by atoms with Crippen LogP contribution in [0.3, 0.4) is 0 Å². The number of benzene rings is 1. The first-order chi connectivity index (χ1) is 10.1. The maximum absolute atomic E-state index is 9.46. The number of hydrogen-bond donors (Lipinski definition) is 2. The number of rotatable bonds is 7. The SMILES string of the molecule is CSc1cc2c(cc1CNC(CO)CC(C)C)OCCO2. The molecule has 0 saturated heterocycles. The van der Waals surface area contributed by atoms with Gasteiger partial charge < -0.3 is 19.9 Å². The van der Waals surface area contributed by atoms with E-state index >= 15 is 0 Å². The van der Waals surface area contributed by atoms with E-state index in [1.807, 2.05) is 6.07 Å². The average Bonchev–Trinajstić information content (AvgIpc) is 2.50. The molecule has 2 N–H and O–H groups in total. The molecule has 0 bridgehead atoms. The maximum atomic E-state index is 9.46. The van der Waals surface area contributed by atoms with E-state index in [0.717, 1.165) is 24.5 Å². The summed E-state index contributed by atoms with van der Waals surface area (Å²) in [6.45, 7) is 6.44. The highest BCUT2D eigenvalue weighted by Crippen LogP contribution is 2.36. The zero-order chi connectivity index (χ0) is 15.2. The molecule has 4 nitrogen and oxygen atoms in total. The molecule has 0 aliphatic carbocycles. The van der Waals surface area contributed by atoms with Gasteiger partial charge >= 0.3 is 0 Å². The summed E-state index contributed by atoms with van der Waals surface area (Å²) < 4.78 is 11.3. The van der Waals surface area contributed by atoms with Gasteiger partial charge in [-0.25, -0.2) is 0 Å². The monoisotopic (exact) mass is 311 g/mol. The molecule has 5 heteroatoms. The summed E-state index contributed by atoms with van der Waals surface area (Å²) in [4.78, 5) is 1.19. The Morgan fingerprint density at radius 2 is 1.90 bits per heavy atom. The van der Waals surface area contributed by atoms with Crippen molar-refractivity contribution >= 4 is 11.8 Å². The van der Waals surface area contributed by atoms with Crippen molar-refractivity contribution in [2.24, 2.45) is 5.92 Å². The van der Waals surface area contributed by atoms with Gasteiger partial charge in [-0.05, 0) is 36.3 Å². The van der Waals surface area contributed by atoms with Crippen LogP contribution in [-0.4, -0.2) is 37.2 Å². The Morgan fingerprint density at radius 1 is 1.24 bits per heavy atom. The summed E-state index contributed by atoms with van der Waals surface area (Å²) in [5, 5.41) is 12.9. The normalized spacial score (nSPS) is 15.3. The van der Waals surface area contributed by atoms with E-state index in [1.54, 1.807) is 11.8 Å². The second kappa shape index (κ2) is 7.92. The molecule has 2 rings (SSSR count). The molecule has 1 unspecified atom stereocenters. The van der Waals surface area contributed by atoms with Crippen LogP contribution in [0.2, 0.25) is 0 Å². The fraction of sp³-hybridized carbons (Fsp3) is 0.625. The van der Waals surface area contributed by atoms with Gasteiger partial charge in [0.1, 0.15) is 13.2 Å². The first-order valence-electron chi connectivity index (χ1n) is 7.44. The predicted molar refractivity (Wildman–Crippen MR) is 86.4 cm³/mol. The average molecular weight is 311 g/mol. The molecule has 0 aromatic heterocycles. The Hall–Kier alpha value is -0.910. The molecule has 0 radical (unpaired) electrons. The Labute approximate surface area is 131 Å². The van der Waals surface area contributed by atoms with Gasteiger partial charge in [-0.1, -0.05) is 13.8 Å². The summed E-state index contributed by atoms with van der Waals surface area (Å²) >= 11 is 1.70. The first-order valence-corrected chi connectivity index (χ1v) is 8.67. The minimum Gasteiger partial charge on any atom is -0.486 e. The van der Waals surface area contributed by atoms with Crippen molar-refractivity contribution in [3.8, 4) is 11.5 Å². The molecule has 0 fully saturated rings. The van der Waals surface area contributed by atoms with Gasteiger partial charge in [0, 0.05) is 17.5 Å². The standard InChI is InChI=1S/C16H25NO3S/c1-11(2)6-13(10-18)17-9-12-7-14-15(8-16(12)21-3)20-5-4-19-14/h7-8,11,13,17-18H,4-6,9-10H2,1-3H3. The summed E-state index contributed by atoms with van der Waals surface area (Å²) in [6, 6.07) is 4.23. The second-order valence-corrected chi connectivity index (χ2v) is 6.55. The molecular formula is C16H25NO3S. The topological polar surface area (TPSA) is 50.7 Å². The molecule has 0 amide bonds. The lowest BCUT2D eigenvalue weighted by molar-refractivity contribution is 0.170. The second-order valence-electron chi connectivity index (χ2n) is 5.70. The Bertz CT molecular complexity index is 465. The van der Waals surface area contributed by atoms with Crippen LogP contribution >= 0.6 is 11.8 Å². The lowest BCUT2D eigenvalue weighted by Crippen LogP contribution is -2.33. The van der Waals surface area contributed by atoms with Crippen molar-refractivity contribution in [2.75, 3.05) is 26.1 Å². The largest absolute Gasteiger partial charge is 0.486 e. The molecule has 1 heterocycles. The van der Waals surface area contributed by atoms with Crippen molar-refractivity contribution in [1.29, 1.82) is 0 Å². The maximum Gasteiger partial charge on any atom is 0.162 e. The third-order valence-electron chi connectivity index (χ3n) is 3.50. The van der Waals surface area contributed by atoms with Crippen molar-refractivity contribution in [1.82, 2.24) is 5.32 Å². The summed E-state index contributed by atoms with van der Waals surface area (Å²) in [6.07, 6.45) is 3.03. The van der Waals surface area contributed by atoms with Crippen LogP contribution in [0.25, 0.3) is 0 Å². The molecule has 1 aliphatic heterocycles. The van der Waals surface area contributed by atoms with Crippen LogP contribution < -0.4 is 14.8 Å². The van der Waals surface area contributed by atoms with Crippen molar-refractivity contribution in [2.45, 2.75) is 37.8 Å². The fourth-order valence-electron chi connectivity index (χ4n) is 2.49. The highest BCUT2D eigenvalue weighted by Gasteiger charge is 2.16. The van der Waals surface area contributed by atoms with Gasteiger partial charge in [0.05, 0.1) is 6.61 Å². The molecule has 1 aliphatic rings. The number of ether oxygens (including phenoxy) is 2. The van der Waals surface area contributed by atoms with Crippen molar-refractivity contribution in [3.05, 3.63) is 17.7 Å². The van der Waals surface area contributed by atoms with E-state index in [2.05, 4.69) is 31.5 Å². The molecule has 21 heavy (non-hydrogen) atoms. The van der Waals surface area contributed by atoms with Gasteiger partial charge in [0.25, 0.3) is 0 Å². The van der Waals surface area contributed by atoms with E-state index in [-0.39, 0.29) is 12.6 Å². The van der Waals surface area contributed by atoms with E-state index in [0.29, 0.717) is 19.1 Å². The predicted octanol–water partition coefficient (Wildman–Crippen LogP) is 2.68. The Balaban J connectivity index is 2.07.